The van der Waals surface area contributed by atoms with Gasteiger partial charge in [0.25, 0.3) is 0 Å². The summed E-state index contributed by atoms with van der Waals surface area (Å²) in [6, 6.07) is 14.1. The molecule has 0 aliphatic carbocycles. The number of aromatic nitrogens is 2. The van der Waals surface area contributed by atoms with Crippen molar-refractivity contribution < 1.29 is 9.84 Å². The Labute approximate surface area is 142 Å². The van der Waals surface area contributed by atoms with Gasteiger partial charge in [-0.2, -0.15) is 0 Å². The third kappa shape index (κ3) is 3.15. The van der Waals surface area contributed by atoms with Gasteiger partial charge in [0.05, 0.1) is 17.6 Å². The summed E-state index contributed by atoms with van der Waals surface area (Å²) in [5, 5.41) is 10.3. The molecule has 0 bridgehead atoms. The van der Waals surface area contributed by atoms with Crippen LogP contribution in [0.3, 0.4) is 0 Å². The van der Waals surface area contributed by atoms with Crippen LogP contribution >= 0.6 is 0 Å². The Bertz CT molecular complexity index is 819. The van der Waals surface area contributed by atoms with Gasteiger partial charge >= 0.3 is 0 Å². The maximum Gasteiger partial charge on any atom is 0.138 e. The fourth-order valence-corrected chi connectivity index (χ4v) is 3.03. The highest BCUT2D eigenvalue weighted by atomic mass is 16.5. The lowest BCUT2D eigenvalue weighted by Gasteiger charge is -2.15. The average molecular weight is 324 g/mol. The van der Waals surface area contributed by atoms with E-state index in [2.05, 4.69) is 35.5 Å². The molecular weight excluding hydrogens is 300 g/mol. The van der Waals surface area contributed by atoms with Crippen LogP contribution in [0.4, 0.5) is 0 Å². The van der Waals surface area contributed by atoms with E-state index in [9.17, 15) is 5.11 Å². The van der Waals surface area contributed by atoms with Crippen LogP contribution in [0.15, 0.2) is 42.5 Å². The fraction of sp³-hybridized carbons (Fsp3) is 0.350. The zero-order valence-electron chi connectivity index (χ0n) is 14.5. The summed E-state index contributed by atoms with van der Waals surface area (Å²) in [5.41, 5.74) is 4.22. The molecule has 1 heterocycles. The topological polar surface area (TPSA) is 47.3 Å². The largest absolute Gasteiger partial charge is 0.491 e. The van der Waals surface area contributed by atoms with Crippen molar-refractivity contribution in [3.05, 3.63) is 59.4 Å². The molecular formula is C20H24N2O2. The Morgan fingerprint density at radius 3 is 2.50 bits per heavy atom. The standard InChI is InChI=1S/C20H24N2O2/c1-4-18(23)20-21-16-10-5-6-11-17(16)22(20)12-13-24-19-14(2)8-7-9-15(19)3/h5-11,18,23H,4,12-13H2,1-3H3. The molecule has 0 fully saturated rings. The number of nitrogens with zero attached hydrogens (tertiary/aromatic N) is 2. The van der Waals surface area contributed by atoms with E-state index >= 15 is 0 Å². The van der Waals surface area contributed by atoms with Gasteiger partial charge in [0.2, 0.25) is 0 Å². The minimum absolute atomic E-state index is 0.537. The minimum Gasteiger partial charge on any atom is -0.491 e. The molecule has 4 heteroatoms. The fourth-order valence-electron chi connectivity index (χ4n) is 3.03. The smallest absolute Gasteiger partial charge is 0.138 e. The number of hydrogen-bond acceptors (Lipinski definition) is 3. The van der Waals surface area contributed by atoms with Crippen molar-refractivity contribution in [2.75, 3.05) is 6.61 Å². The summed E-state index contributed by atoms with van der Waals surface area (Å²) in [6.45, 7) is 7.26. The molecule has 1 aromatic heterocycles. The summed E-state index contributed by atoms with van der Waals surface area (Å²) < 4.78 is 8.09. The van der Waals surface area contributed by atoms with Gasteiger partial charge in [0, 0.05) is 0 Å². The molecule has 1 unspecified atom stereocenters. The van der Waals surface area contributed by atoms with Crippen LogP contribution in [-0.4, -0.2) is 21.3 Å². The second-order valence-corrected chi connectivity index (χ2v) is 6.10. The van der Waals surface area contributed by atoms with Crippen LogP contribution in [0.25, 0.3) is 11.0 Å². The summed E-state index contributed by atoms with van der Waals surface area (Å²) in [5.74, 6) is 1.66. The molecule has 0 saturated carbocycles. The van der Waals surface area contributed by atoms with E-state index in [-0.39, 0.29) is 0 Å². The first kappa shape index (κ1) is 16.5. The molecule has 3 aromatic rings. The van der Waals surface area contributed by atoms with Gasteiger partial charge in [-0.3, -0.25) is 0 Å². The third-order valence-electron chi connectivity index (χ3n) is 4.34. The summed E-state index contributed by atoms with van der Waals surface area (Å²) in [6.07, 6.45) is 0.0822. The van der Waals surface area contributed by atoms with Gasteiger partial charge < -0.3 is 14.4 Å². The first-order valence-corrected chi connectivity index (χ1v) is 8.44. The highest BCUT2D eigenvalue weighted by Crippen LogP contribution is 2.24. The van der Waals surface area contributed by atoms with Crippen LogP contribution in [-0.2, 0) is 6.54 Å². The van der Waals surface area contributed by atoms with Crippen molar-refractivity contribution in [2.24, 2.45) is 0 Å². The van der Waals surface area contributed by atoms with Gasteiger partial charge in [0.1, 0.15) is 24.3 Å². The van der Waals surface area contributed by atoms with Crippen LogP contribution in [0.2, 0.25) is 0 Å². The number of rotatable bonds is 6. The maximum absolute atomic E-state index is 10.3. The van der Waals surface area contributed by atoms with Crippen molar-refractivity contribution >= 4 is 11.0 Å². The van der Waals surface area contributed by atoms with Gasteiger partial charge in [-0.05, 0) is 43.5 Å². The van der Waals surface area contributed by atoms with Crippen molar-refractivity contribution in [2.45, 2.75) is 39.8 Å². The molecule has 2 aromatic carbocycles. The Kier molecular flexibility index (Phi) is 4.86. The summed E-state index contributed by atoms with van der Waals surface area (Å²) >= 11 is 0. The Morgan fingerprint density at radius 2 is 1.79 bits per heavy atom. The van der Waals surface area contributed by atoms with E-state index in [1.54, 1.807) is 0 Å². The van der Waals surface area contributed by atoms with Crippen LogP contribution < -0.4 is 4.74 Å². The molecule has 0 aliphatic rings. The van der Waals surface area contributed by atoms with Crippen molar-refractivity contribution in [1.82, 2.24) is 9.55 Å². The number of aliphatic hydroxyl groups is 1. The minimum atomic E-state index is -0.558. The number of benzene rings is 2. The first-order chi connectivity index (χ1) is 11.6. The number of hydrogen-bond donors (Lipinski definition) is 1. The Morgan fingerprint density at radius 1 is 1.08 bits per heavy atom. The van der Waals surface area contributed by atoms with Gasteiger partial charge in [-0.1, -0.05) is 37.3 Å². The average Bonchev–Trinajstić information content (AvgIpc) is 2.95. The molecule has 0 saturated heterocycles. The molecule has 1 atom stereocenters. The first-order valence-electron chi connectivity index (χ1n) is 8.44. The van der Waals surface area contributed by atoms with E-state index in [0.29, 0.717) is 25.4 Å². The van der Waals surface area contributed by atoms with Crippen LogP contribution in [0, 0.1) is 13.8 Å². The monoisotopic (exact) mass is 324 g/mol. The number of fused-ring (bicyclic) bond motifs is 1. The molecule has 4 nitrogen and oxygen atoms in total. The number of para-hydroxylation sites is 3. The van der Waals surface area contributed by atoms with Crippen LogP contribution in [0.5, 0.6) is 5.75 Å². The SMILES string of the molecule is CCC(O)c1nc2ccccc2n1CCOc1c(C)cccc1C. The summed E-state index contributed by atoms with van der Waals surface area (Å²) in [4.78, 5) is 4.60. The molecule has 24 heavy (non-hydrogen) atoms. The highest BCUT2D eigenvalue weighted by molar-refractivity contribution is 5.76. The number of ether oxygens (including phenoxy) is 1. The third-order valence-corrected chi connectivity index (χ3v) is 4.34. The van der Waals surface area contributed by atoms with Crippen LogP contribution in [0.1, 0.15) is 36.4 Å². The predicted octanol–water partition coefficient (Wildman–Crippen LogP) is 4.18. The van der Waals surface area contributed by atoms with E-state index in [4.69, 9.17) is 4.74 Å². The van der Waals surface area contributed by atoms with E-state index in [0.717, 1.165) is 27.9 Å². The quantitative estimate of drug-likeness (QED) is 0.740. The Hall–Kier alpha value is -2.33. The molecule has 1 N–H and O–H groups in total. The number of imidazole rings is 1. The maximum atomic E-state index is 10.3. The van der Waals surface area contributed by atoms with E-state index < -0.39 is 6.10 Å². The number of aryl methyl sites for hydroxylation is 2. The lowest BCUT2D eigenvalue weighted by Crippen LogP contribution is -2.14. The second kappa shape index (κ2) is 7.05. The van der Waals surface area contributed by atoms with Crippen molar-refractivity contribution in [1.29, 1.82) is 0 Å². The van der Waals surface area contributed by atoms with Gasteiger partial charge in [0.15, 0.2) is 0 Å². The lowest BCUT2D eigenvalue weighted by atomic mass is 10.1. The second-order valence-electron chi connectivity index (χ2n) is 6.10. The number of aliphatic hydroxyl groups excluding tert-OH is 1. The Balaban J connectivity index is 1.84. The molecule has 126 valence electrons. The molecule has 0 spiro atoms. The molecule has 0 radical (unpaired) electrons. The van der Waals surface area contributed by atoms with Crippen molar-refractivity contribution in [3.63, 3.8) is 0 Å². The molecule has 0 aliphatic heterocycles. The highest BCUT2D eigenvalue weighted by Gasteiger charge is 2.16. The molecule has 3 rings (SSSR count). The van der Waals surface area contributed by atoms with Gasteiger partial charge in [-0.15, -0.1) is 0 Å². The lowest BCUT2D eigenvalue weighted by molar-refractivity contribution is 0.157. The zero-order valence-corrected chi connectivity index (χ0v) is 14.5. The van der Waals surface area contributed by atoms with Gasteiger partial charge in [-0.25, -0.2) is 4.98 Å². The normalized spacial score (nSPS) is 12.5. The van der Waals surface area contributed by atoms with E-state index in [1.165, 1.54) is 0 Å². The van der Waals surface area contributed by atoms with Crippen molar-refractivity contribution in [3.8, 4) is 5.75 Å². The van der Waals surface area contributed by atoms with E-state index in [1.807, 2.05) is 37.3 Å². The zero-order chi connectivity index (χ0) is 17.1. The predicted molar refractivity (Wildman–Crippen MR) is 96.4 cm³/mol. The molecule has 0 amide bonds. The summed E-state index contributed by atoms with van der Waals surface area (Å²) in [7, 11) is 0.